The quantitative estimate of drug-likeness (QED) is 0.369. The molecule has 15 heteroatoms. The second kappa shape index (κ2) is 10.7. The number of anilines is 1. The van der Waals surface area contributed by atoms with Gasteiger partial charge in [0.1, 0.15) is 4.90 Å². The molecule has 1 aromatic carbocycles. The summed E-state index contributed by atoms with van der Waals surface area (Å²) in [6.07, 6.45) is -2.50. The number of nitrogens with zero attached hydrogens (tertiary/aromatic N) is 3. The number of fused-ring (bicyclic) bond motifs is 1. The van der Waals surface area contributed by atoms with Gasteiger partial charge in [0.25, 0.3) is 0 Å². The third kappa shape index (κ3) is 6.71. The highest BCUT2D eigenvalue weighted by molar-refractivity contribution is 7.89. The molecule has 3 aromatic rings. The average molecular weight is 559 g/mol. The molecular formula is C23H29F3N6O5S. The van der Waals surface area contributed by atoms with Gasteiger partial charge in [-0.2, -0.15) is 13.2 Å². The van der Waals surface area contributed by atoms with E-state index in [4.69, 9.17) is 20.4 Å². The van der Waals surface area contributed by atoms with Gasteiger partial charge in [0.15, 0.2) is 0 Å². The summed E-state index contributed by atoms with van der Waals surface area (Å²) in [5.74, 6) is -2.23. The molecular weight excluding hydrogens is 529 g/mol. The van der Waals surface area contributed by atoms with Crippen molar-refractivity contribution >= 4 is 33.0 Å². The molecule has 0 aliphatic carbocycles. The zero-order valence-corrected chi connectivity index (χ0v) is 21.9. The van der Waals surface area contributed by atoms with E-state index in [1.54, 1.807) is 33.0 Å². The first-order chi connectivity index (χ1) is 17.5. The average Bonchev–Trinajstić information content (AvgIpc) is 3.43. The molecule has 5 N–H and O–H groups in total. The zero-order valence-electron chi connectivity index (χ0n) is 21.1. The van der Waals surface area contributed by atoms with E-state index in [-0.39, 0.29) is 16.8 Å². The van der Waals surface area contributed by atoms with Gasteiger partial charge in [-0.1, -0.05) is 6.07 Å². The second-order valence-electron chi connectivity index (χ2n) is 9.58. The van der Waals surface area contributed by atoms with Crippen LogP contribution in [0.5, 0.6) is 5.88 Å². The number of nitrogens with two attached hydrogens (primary N) is 1. The number of alkyl halides is 3. The van der Waals surface area contributed by atoms with E-state index in [0.29, 0.717) is 11.5 Å². The van der Waals surface area contributed by atoms with Crippen LogP contribution in [-0.4, -0.2) is 65.9 Å². The molecule has 1 aliphatic heterocycles. The maximum Gasteiger partial charge on any atom is 0.490 e. The second-order valence-corrected chi connectivity index (χ2v) is 11.2. The number of pyridine rings is 1. The van der Waals surface area contributed by atoms with Gasteiger partial charge in [-0.25, -0.2) is 27.9 Å². The summed E-state index contributed by atoms with van der Waals surface area (Å²) in [4.78, 5) is 17.6. The molecule has 208 valence electrons. The summed E-state index contributed by atoms with van der Waals surface area (Å²) >= 11 is 0. The Hall–Kier alpha value is -3.43. The Morgan fingerprint density at radius 1 is 1.24 bits per heavy atom. The fourth-order valence-corrected chi connectivity index (χ4v) is 5.49. The van der Waals surface area contributed by atoms with Crippen LogP contribution in [0.2, 0.25) is 0 Å². The first-order valence-electron chi connectivity index (χ1n) is 11.4. The standard InChI is InChI=1S/C21H28N6O3S.C2HF3O2/c1-21(2,3)26-31(28,29)18-10-14(11-24-19(18)30-4)13-5-6-16-17(9-13)27(20(22)25-16)15-7-8-23-12-15;3-2(4,5)1(6)7/h5-6,9-11,15,23,26H,7-8,12H2,1-4H3,(H2,22,25);(H,6,7). The molecule has 11 nitrogen and oxygen atoms in total. The van der Waals surface area contributed by atoms with Gasteiger partial charge in [0.2, 0.25) is 21.9 Å². The van der Waals surface area contributed by atoms with E-state index >= 15 is 0 Å². The fourth-order valence-electron chi connectivity index (χ4n) is 3.93. The topological polar surface area (TPSA) is 161 Å². The summed E-state index contributed by atoms with van der Waals surface area (Å²) in [6, 6.07) is 7.59. The Labute approximate surface area is 217 Å². The Morgan fingerprint density at radius 3 is 2.42 bits per heavy atom. The maximum absolute atomic E-state index is 13.0. The Morgan fingerprint density at radius 2 is 1.89 bits per heavy atom. The molecule has 1 aliphatic rings. The number of nitrogens with one attached hydrogen (secondary N) is 2. The van der Waals surface area contributed by atoms with Gasteiger partial charge in [-0.3, -0.25) is 0 Å². The summed E-state index contributed by atoms with van der Waals surface area (Å²) in [6.45, 7) is 7.13. The highest BCUT2D eigenvalue weighted by Crippen LogP contribution is 2.32. The Balaban J connectivity index is 0.000000505. The van der Waals surface area contributed by atoms with Crippen molar-refractivity contribution < 1.29 is 36.2 Å². The smallest absolute Gasteiger partial charge is 0.480 e. The van der Waals surface area contributed by atoms with E-state index in [2.05, 4.69) is 24.6 Å². The monoisotopic (exact) mass is 558 g/mol. The molecule has 38 heavy (non-hydrogen) atoms. The lowest BCUT2D eigenvalue weighted by atomic mass is 10.1. The number of aliphatic carboxylic acids is 1. The number of halogens is 3. The van der Waals surface area contributed by atoms with Crippen molar-refractivity contribution in [1.29, 1.82) is 0 Å². The molecule has 0 spiro atoms. The van der Waals surface area contributed by atoms with Crippen LogP contribution < -0.4 is 20.5 Å². The molecule has 0 bridgehead atoms. The van der Waals surface area contributed by atoms with E-state index in [1.165, 1.54) is 7.11 Å². The van der Waals surface area contributed by atoms with Crippen LogP contribution in [-0.2, 0) is 14.8 Å². The molecule has 0 saturated carbocycles. The predicted octanol–water partition coefficient (Wildman–Crippen LogP) is 2.93. The summed E-state index contributed by atoms with van der Waals surface area (Å²) < 4.78 is 67.6. The number of carbonyl (C=O) groups is 1. The molecule has 0 radical (unpaired) electrons. The predicted molar refractivity (Wildman–Crippen MR) is 134 cm³/mol. The third-order valence-corrected chi connectivity index (χ3v) is 7.19. The number of hydrogen-bond donors (Lipinski definition) is 4. The summed E-state index contributed by atoms with van der Waals surface area (Å²) in [7, 11) is -2.43. The molecule has 1 fully saturated rings. The minimum atomic E-state index is -5.08. The van der Waals surface area contributed by atoms with Crippen molar-refractivity contribution in [3.63, 3.8) is 0 Å². The van der Waals surface area contributed by atoms with Crippen LogP contribution >= 0.6 is 0 Å². The third-order valence-electron chi connectivity index (χ3n) is 5.43. The highest BCUT2D eigenvalue weighted by atomic mass is 32.2. The Kier molecular flexibility index (Phi) is 8.24. The largest absolute Gasteiger partial charge is 0.490 e. The van der Waals surface area contributed by atoms with E-state index in [1.807, 2.05) is 18.2 Å². The number of sulfonamides is 1. The molecule has 1 unspecified atom stereocenters. The number of nitrogen functional groups attached to an aromatic ring is 1. The molecule has 1 saturated heterocycles. The van der Waals surface area contributed by atoms with Gasteiger partial charge in [-0.05, 0) is 57.5 Å². The van der Waals surface area contributed by atoms with Crippen LogP contribution in [0.25, 0.3) is 22.2 Å². The van der Waals surface area contributed by atoms with Crippen LogP contribution in [0.4, 0.5) is 19.1 Å². The van der Waals surface area contributed by atoms with Gasteiger partial charge >= 0.3 is 12.1 Å². The molecule has 2 aromatic heterocycles. The minimum absolute atomic E-state index is 0.00413. The van der Waals surface area contributed by atoms with Crippen LogP contribution in [0.1, 0.15) is 33.2 Å². The van der Waals surface area contributed by atoms with Crippen molar-refractivity contribution in [3.05, 3.63) is 30.5 Å². The van der Waals surface area contributed by atoms with Gasteiger partial charge in [0.05, 0.1) is 24.2 Å². The van der Waals surface area contributed by atoms with Gasteiger partial charge in [-0.15, -0.1) is 0 Å². The first-order valence-corrected chi connectivity index (χ1v) is 12.9. The van der Waals surface area contributed by atoms with Crippen molar-refractivity contribution in [3.8, 4) is 17.0 Å². The normalized spacial score (nSPS) is 16.2. The van der Waals surface area contributed by atoms with Gasteiger partial charge < -0.3 is 25.5 Å². The lowest BCUT2D eigenvalue weighted by Gasteiger charge is -2.21. The number of ether oxygens (including phenoxy) is 1. The van der Waals surface area contributed by atoms with Crippen LogP contribution in [0.15, 0.2) is 35.4 Å². The number of carboxylic acid groups (broad SMARTS) is 1. The maximum atomic E-state index is 13.0. The number of rotatable bonds is 5. The Bertz CT molecular complexity index is 1430. The van der Waals surface area contributed by atoms with Crippen molar-refractivity contribution in [1.82, 2.24) is 24.6 Å². The lowest BCUT2D eigenvalue weighted by Crippen LogP contribution is -2.40. The number of hydrogen-bond acceptors (Lipinski definition) is 8. The number of imidazole rings is 1. The summed E-state index contributed by atoms with van der Waals surface area (Å²) in [5.41, 5.74) is 8.76. The highest BCUT2D eigenvalue weighted by Gasteiger charge is 2.38. The molecule has 3 heterocycles. The SMILES string of the molecule is COc1ncc(-c2ccc3nc(N)n(C4CCNC4)c3c2)cc1S(=O)(=O)NC(C)(C)C.O=C(O)C(F)(F)F. The van der Waals surface area contributed by atoms with Crippen molar-refractivity contribution in [2.24, 2.45) is 0 Å². The fraction of sp³-hybridized carbons (Fsp3) is 0.435. The number of aromatic nitrogens is 3. The lowest BCUT2D eigenvalue weighted by molar-refractivity contribution is -0.192. The van der Waals surface area contributed by atoms with E-state index in [0.717, 1.165) is 36.1 Å². The molecule has 1 atom stereocenters. The first kappa shape index (κ1) is 29.1. The summed E-state index contributed by atoms with van der Waals surface area (Å²) in [5, 5.41) is 10.5. The number of benzene rings is 1. The molecule has 4 rings (SSSR count). The van der Waals surface area contributed by atoms with E-state index in [9.17, 15) is 21.6 Å². The van der Waals surface area contributed by atoms with Gasteiger partial charge in [0, 0.05) is 23.8 Å². The van der Waals surface area contributed by atoms with Crippen LogP contribution in [0.3, 0.4) is 0 Å². The minimum Gasteiger partial charge on any atom is -0.480 e. The van der Waals surface area contributed by atoms with Crippen molar-refractivity contribution in [2.45, 2.75) is 49.8 Å². The molecule has 0 amide bonds. The van der Waals surface area contributed by atoms with E-state index < -0.39 is 27.7 Å². The van der Waals surface area contributed by atoms with Crippen molar-refractivity contribution in [2.75, 3.05) is 25.9 Å². The van der Waals surface area contributed by atoms with Crippen LogP contribution in [0, 0.1) is 0 Å². The number of carboxylic acids is 1. The number of methoxy groups -OCH3 is 1. The zero-order chi connectivity index (χ0) is 28.5.